The molecule has 0 unspecified atom stereocenters. The Morgan fingerprint density at radius 3 is 2.45 bits per heavy atom. The van der Waals surface area contributed by atoms with E-state index in [0.29, 0.717) is 58.0 Å². The Bertz CT molecular complexity index is 2810. The lowest BCUT2D eigenvalue weighted by atomic mass is 9.57. The number of carbonyl (C=O) groups is 2. The molecule has 2 aliphatic carbocycles. The predicted molar refractivity (Wildman–Crippen MR) is 238 cm³/mol. The van der Waals surface area contributed by atoms with E-state index in [0.717, 1.165) is 83.1 Å². The number of rotatable bonds is 9. The molecular formula is C46H48F2N10O5S. The Balaban J connectivity index is 0.690. The van der Waals surface area contributed by atoms with Crippen LogP contribution in [0.15, 0.2) is 53.6 Å². The summed E-state index contributed by atoms with van der Waals surface area (Å²) in [7, 11) is 1.78. The predicted octanol–water partition coefficient (Wildman–Crippen LogP) is 7.00. The lowest BCUT2D eigenvalue weighted by Gasteiger charge is -2.63. The third-order valence-electron chi connectivity index (χ3n) is 14.7. The van der Waals surface area contributed by atoms with Crippen molar-refractivity contribution in [1.29, 1.82) is 5.26 Å². The molecule has 0 radical (unpaired) electrons. The van der Waals surface area contributed by atoms with Crippen LogP contribution >= 0.6 is 11.9 Å². The van der Waals surface area contributed by atoms with E-state index in [1.165, 1.54) is 35.0 Å². The molecular weight excluding hydrogens is 843 g/mol. The van der Waals surface area contributed by atoms with Crippen LogP contribution in [-0.4, -0.2) is 93.4 Å². The number of anilines is 3. The second-order valence-electron chi connectivity index (χ2n) is 18.7. The third-order valence-corrected chi connectivity index (χ3v) is 15.9. The van der Waals surface area contributed by atoms with Crippen molar-refractivity contribution >= 4 is 62.9 Å². The van der Waals surface area contributed by atoms with Gasteiger partial charge in [0.25, 0.3) is 5.56 Å². The zero-order valence-electron chi connectivity index (χ0n) is 35.4. The number of nitrogens with zero attached hydrogens (tertiary/aromatic N) is 8. The number of imide groups is 1. The average Bonchev–Trinajstić information content (AvgIpc) is 3.56. The van der Waals surface area contributed by atoms with Crippen molar-refractivity contribution < 1.29 is 27.8 Å². The molecule has 4 saturated heterocycles. The summed E-state index contributed by atoms with van der Waals surface area (Å²) in [5.74, 6) is -0.951. The molecule has 332 valence electrons. The van der Waals surface area contributed by atoms with Gasteiger partial charge < -0.3 is 24.0 Å². The van der Waals surface area contributed by atoms with Crippen molar-refractivity contribution in [3.05, 3.63) is 76.3 Å². The number of halogens is 2. The summed E-state index contributed by atoms with van der Waals surface area (Å²) in [5, 5.41) is 18.1. The van der Waals surface area contributed by atoms with Crippen molar-refractivity contribution in [1.82, 2.24) is 29.5 Å². The molecule has 64 heavy (non-hydrogen) atoms. The number of piperidine rings is 1. The van der Waals surface area contributed by atoms with Crippen LogP contribution in [0.5, 0.6) is 11.5 Å². The number of urea groups is 1. The molecule has 5 aromatic rings. The van der Waals surface area contributed by atoms with Gasteiger partial charge in [-0.2, -0.15) is 10.4 Å². The molecule has 2 aromatic heterocycles. The fourth-order valence-corrected chi connectivity index (χ4v) is 12.0. The number of benzene rings is 3. The van der Waals surface area contributed by atoms with E-state index >= 15 is 8.78 Å². The SMILES string of the molecule is Cn1nc(N2CCC(=O)NC2=O)c2cc(F)c(N3CC4(CC(N5CCC6(CC5)CC(n5cnc7ccc(Oc8c(F)ccc(NSC9CCOCC9)c8C#N)cc7c5=O)C6)C4)C3)cc21. The van der Waals surface area contributed by atoms with Crippen molar-refractivity contribution in [2.45, 2.75) is 75.1 Å². The summed E-state index contributed by atoms with van der Waals surface area (Å²) in [6.07, 6.45) is 9.74. The fraction of sp³-hybridized carbons (Fsp3) is 0.478. The van der Waals surface area contributed by atoms with Crippen LogP contribution in [-0.2, 0) is 16.6 Å². The number of aryl methyl sites for hydroxylation is 1. The number of nitriles is 1. The van der Waals surface area contributed by atoms with Crippen LogP contribution in [0.3, 0.4) is 0 Å². The molecule has 6 fully saturated rings. The summed E-state index contributed by atoms with van der Waals surface area (Å²) in [4.78, 5) is 48.9. The van der Waals surface area contributed by atoms with E-state index in [4.69, 9.17) is 9.47 Å². The van der Waals surface area contributed by atoms with E-state index in [9.17, 15) is 19.6 Å². The average molecular weight is 891 g/mol. The number of nitrogens with one attached hydrogen (secondary N) is 2. The van der Waals surface area contributed by atoms with Gasteiger partial charge in [0.1, 0.15) is 23.2 Å². The van der Waals surface area contributed by atoms with E-state index in [1.807, 2.05) is 6.07 Å². The van der Waals surface area contributed by atoms with E-state index in [1.54, 1.807) is 40.8 Å². The first-order valence-corrected chi connectivity index (χ1v) is 23.0. The second-order valence-corrected chi connectivity index (χ2v) is 19.8. The molecule has 6 heterocycles. The fourth-order valence-electron chi connectivity index (χ4n) is 11.1. The first-order valence-electron chi connectivity index (χ1n) is 22.2. The van der Waals surface area contributed by atoms with Crippen LogP contribution in [0.25, 0.3) is 21.8 Å². The van der Waals surface area contributed by atoms with Gasteiger partial charge in [-0.05, 0) is 124 Å². The minimum Gasteiger partial charge on any atom is -0.453 e. The maximum atomic E-state index is 15.7. The van der Waals surface area contributed by atoms with Crippen LogP contribution in [0.1, 0.15) is 69.4 Å². The Morgan fingerprint density at radius 2 is 1.70 bits per heavy atom. The molecule has 2 saturated carbocycles. The standard InChI is InChI=1S/C46H48F2N10O5S/c1-54-38-18-39(35(48)17-32(38)42(52-54)57-11-6-40(59)51-44(57)61)56-24-46(25-56)19-27(20-46)55-12-9-45(10-13-55)21-28(22-45)58-26-50-36-4-2-29(16-31(36)43(58)60)63-41-33(23-49)37(5-3-34(41)47)53-64-30-7-14-62-15-8-30/h2-5,16-18,26-28,30,53H,6-15,19-22,24-25H2,1H3,(H,51,59,61). The number of carbonyl (C=O) groups excluding carboxylic acids is 2. The highest BCUT2D eigenvalue weighted by Crippen LogP contribution is 2.57. The largest absolute Gasteiger partial charge is 0.453 e. The first kappa shape index (κ1) is 41.0. The highest BCUT2D eigenvalue weighted by atomic mass is 32.2. The van der Waals surface area contributed by atoms with Gasteiger partial charge in [0.2, 0.25) is 5.91 Å². The quantitative estimate of drug-likeness (QED) is 0.146. The molecule has 2 N–H and O–H groups in total. The zero-order valence-corrected chi connectivity index (χ0v) is 36.3. The minimum absolute atomic E-state index is 0.0413. The van der Waals surface area contributed by atoms with E-state index in [2.05, 4.69) is 36.0 Å². The van der Waals surface area contributed by atoms with Gasteiger partial charge in [0.05, 0.1) is 34.1 Å². The molecule has 18 heteroatoms. The van der Waals surface area contributed by atoms with Crippen molar-refractivity contribution in [3.8, 4) is 17.6 Å². The van der Waals surface area contributed by atoms with Gasteiger partial charge in [-0.3, -0.25) is 29.1 Å². The summed E-state index contributed by atoms with van der Waals surface area (Å²) in [5.41, 5.74) is 2.52. The number of likely N-dealkylation sites (tertiary alicyclic amines) is 1. The van der Waals surface area contributed by atoms with Crippen molar-refractivity contribution in [2.75, 3.05) is 60.5 Å². The van der Waals surface area contributed by atoms with Crippen LogP contribution < -0.4 is 30.1 Å². The summed E-state index contributed by atoms with van der Waals surface area (Å²) in [6, 6.07) is 13.1. The van der Waals surface area contributed by atoms with Crippen LogP contribution in [0.2, 0.25) is 0 Å². The van der Waals surface area contributed by atoms with E-state index in [-0.39, 0.29) is 64.2 Å². The number of aromatic nitrogens is 4. The first-order chi connectivity index (χ1) is 31.0. The number of amides is 3. The third kappa shape index (κ3) is 7.12. The summed E-state index contributed by atoms with van der Waals surface area (Å²) < 4.78 is 48.9. The molecule has 0 atom stereocenters. The van der Waals surface area contributed by atoms with Gasteiger partial charge in [0, 0.05) is 74.5 Å². The molecule has 4 aliphatic heterocycles. The lowest BCUT2D eigenvalue weighted by Crippen LogP contribution is -2.67. The molecule has 6 aliphatic rings. The highest BCUT2D eigenvalue weighted by Gasteiger charge is 2.56. The Kier molecular flexibility index (Phi) is 10.1. The topological polar surface area (TPSA) is 163 Å². The number of hydrogen-bond acceptors (Lipinski definition) is 12. The van der Waals surface area contributed by atoms with Crippen molar-refractivity contribution in [3.63, 3.8) is 0 Å². The molecule has 0 bridgehead atoms. The van der Waals surface area contributed by atoms with Gasteiger partial charge in [-0.1, -0.05) is 0 Å². The van der Waals surface area contributed by atoms with Gasteiger partial charge in [-0.15, -0.1) is 0 Å². The Hall–Kier alpha value is -5.77. The lowest BCUT2D eigenvalue weighted by molar-refractivity contribution is -0.120. The Labute approximate surface area is 371 Å². The maximum Gasteiger partial charge on any atom is 0.329 e. The highest BCUT2D eigenvalue weighted by molar-refractivity contribution is 8.01. The minimum atomic E-state index is -0.671. The second kappa shape index (κ2) is 15.7. The van der Waals surface area contributed by atoms with Gasteiger partial charge >= 0.3 is 6.03 Å². The summed E-state index contributed by atoms with van der Waals surface area (Å²) in [6.45, 7) is 5.20. The monoisotopic (exact) mass is 890 g/mol. The molecule has 3 aromatic carbocycles. The van der Waals surface area contributed by atoms with Gasteiger partial charge in [0.15, 0.2) is 17.4 Å². The molecule has 2 spiro atoms. The van der Waals surface area contributed by atoms with Crippen LogP contribution in [0, 0.1) is 33.8 Å². The zero-order chi connectivity index (χ0) is 43.9. The van der Waals surface area contributed by atoms with Crippen molar-refractivity contribution in [2.24, 2.45) is 17.9 Å². The summed E-state index contributed by atoms with van der Waals surface area (Å²) >= 11 is 1.50. The van der Waals surface area contributed by atoms with E-state index < -0.39 is 11.8 Å². The molecule has 11 rings (SSSR count). The Morgan fingerprint density at radius 1 is 0.938 bits per heavy atom. The molecule has 15 nitrogen and oxygen atoms in total. The van der Waals surface area contributed by atoms with Gasteiger partial charge in [-0.25, -0.2) is 18.6 Å². The molecule has 3 amide bonds. The normalized spacial score (nSPS) is 21.5. The van der Waals surface area contributed by atoms with Crippen LogP contribution in [0.4, 0.5) is 30.8 Å². The smallest absolute Gasteiger partial charge is 0.329 e. The number of ether oxygens (including phenoxy) is 2. The number of hydrogen-bond donors (Lipinski definition) is 2. The maximum absolute atomic E-state index is 15.7. The number of fused-ring (bicyclic) bond motifs is 2.